The lowest BCUT2D eigenvalue weighted by atomic mass is 10.3. The van der Waals surface area contributed by atoms with E-state index >= 15 is 0 Å². The summed E-state index contributed by atoms with van der Waals surface area (Å²) in [5.74, 6) is -0.637. The lowest BCUT2D eigenvalue weighted by molar-refractivity contribution is 0.482. The fourth-order valence-corrected chi connectivity index (χ4v) is 2.92. The van der Waals surface area contributed by atoms with Gasteiger partial charge in [0.05, 0.1) is 11.4 Å². The molecule has 22 heavy (non-hydrogen) atoms. The summed E-state index contributed by atoms with van der Waals surface area (Å²) in [7, 11) is -1.04. The van der Waals surface area contributed by atoms with Crippen molar-refractivity contribution >= 4 is 15.8 Å². The predicted molar refractivity (Wildman–Crippen MR) is 84.2 cm³/mol. The second kappa shape index (κ2) is 6.34. The summed E-state index contributed by atoms with van der Waals surface area (Å²) in [5, 5.41) is 0. The van der Waals surface area contributed by atoms with Gasteiger partial charge in [-0.05, 0) is 19.1 Å². The largest absolute Gasteiger partial charge is 0.412 e. The van der Waals surface area contributed by atoms with Gasteiger partial charge in [0, 0.05) is 14.1 Å². The van der Waals surface area contributed by atoms with Crippen molar-refractivity contribution in [2.75, 3.05) is 17.8 Å². The second-order valence-electron chi connectivity index (χ2n) is 4.82. The molecule has 0 spiro atoms. The van der Waals surface area contributed by atoms with Gasteiger partial charge in [-0.15, -0.1) is 0 Å². The Morgan fingerprint density at radius 2 is 1.77 bits per heavy atom. The van der Waals surface area contributed by atoms with E-state index in [-0.39, 0.29) is 16.7 Å². The van der Waals surface area contributed by atoms with E-state index in [1.54, 1.807) is 30.8 Å². The van der Waals surface area contributed by atoms with Crippen molar-refractivity contribution in [1.82, 2.24) is 9.36 Å². The first-order valence-corrected chi connectivity index (χ1v) is 7.83. The highest BCUT2D eigenvalue weighted by molar-refractivity contribution is 7.85. The van der Waals surface area contributed by atoms with Crippen LogP contribution in [0.3, 0.4) is 0 Å². The molecule has 1 aromatic heterocycles. The molecule has 0 fully saturated rings. The molecule has 0 unspecified atom stereocenters. The van der Waals surface area contributed by atoms with E-state index in [9.17, 15) is 13.2 Å². The third kappa shape index (κ3) is 3.38. The summed E-state index contributed by atoms with van der Waals surface area (Å²) in [5.41, 5.74) is 1.18. The van der Waals surface area contributed by atoms with E-state index < -0.39 is 16.0 Å². The molecule has 0 amide bonds. The van der Waals surface area contributed by atoms with E-state index in [0.29, 0.717) is 11.4 Å². The molecule has 1 aromatic carbocycles. The molecule has 2 aromatic rings. The average Bonchev–Trinajstić information content (AvgIpc) is 2.59. The van der Waals surface area contributed by atoms with Crippen LogP contribution in [0.2, 0.25) is 0 Å². The highest BCUT2D eigenvalue weighted by atomic mass is 32.2. The highest BCUT2D eigenvalue weighted by Gasteiger charge is 2.21. The van der Waals surface area contributed by atoms with E-state index in [0.717, 1.165) is 0 Å². The molecule has 9 heteroatoms. The van der Waals surface area contributed by atoms with E-state index in [1.165, 1.54) is 16.6 Å². The van der Waals surface area contributed by atoms with Gasteiger partial charge < -0.3 is 10.4 Å². The summed E-state index contributed by atoms with van der Waals surface area (Å²) >= 11 is 0. The molecular weight excluding hydrogens is 310 g/mol. The number of nitrogens with zero attached hydrogens (tertiary/aromatic N) is 3. The van der Waals surface area contributed by atoms with Gasteiger partial charge in [-0.25, -0.2) is 4.68 Å². The second-order valence-corrected chi connectivity index (χ2v) is 6.24. The van der Waals surface area contributed by atoms with Gasteiger partial charge in [0.2, 0.25) is 0 Å². The van der Waals surface area contributed by atoms with Crippen molar-refractivity contribution in [3.8, 4) is 5.69 Å². The van der Waals surface area contributed by atoms with Gasteiger partial charge in [-0.2, -0.15) is 8.42 Å². The monoisotopic (exact) mass is 329 g/mol. The molecule has 0 aliphatic carbocycles. The van der Waals surface area contributed by atoms with Gasteiger partial charge in [-0.3, -0.25) is 14.0 Å². The van der Waals surface area contributed by atoms with Gasteiger partial charge in [0.25, 0.3) is 15.7 Å². The molecule has 0 aliphatic rings. The number of hydrogen-bond acceptors (Lipinski definition) is 4. The quantitative estimate of drug-likeness (QED) is 0.789. The average molecular weight is 329 g/mol. The van der Waals surface area contributed by atoms with Crippen LogP contribution in [-0.2, 0) is 17.2 Å². The number of para-hydroxylation sites is 1. The molecule has 0 saturated heterocycles. The van der Waals surface area contributed by atoms with Crippen LogP contribution < -0.4 is 10.5 Å². The number of hydrogen-bond donors (Lipinski definition) is 1. The third-order valence-electron chi connectivity index (χ3n) is 3.26. The van der Waals surface area contributed by atoms with Gasteiger partial charge in [-0.1, -0.05) is 18.2 Å². The van der Waals surface area contributed by atoms with Crippen LogP contribution in [0.15, 0.2) is 35.1 Å². The van der Waals surface area contributed by atoms with Crippen LogP contribution in [-0.4, -0.2) is 40.7 Å². The molecule has 0 bridgehead atoms. The van der Waals surface area contributed by atoms with Crippen molar-refractivity contribution < 1.29 is 18.4 Å². The van der Waals surface area contributed by atoms with E-state index in [1.807, 2.05) is 18.2 Å². The van der Waals surface area contributed by atoms with E-state index in [4.69, 9.17) is 4.55 Å². The first kappa shape index (κ1) is 18.0. The van der Waals surface area contributed by atoms with E-state index in [2.05, 4.69) is 0 Å². The topological polar surface area (TPSA) is 116 Å². The summed E-state index contributed by atoms with van der Waals surface area (Å²) in [6, 6.07) is 9.04. The molecule has 0 atom stereocenters. The number of benzene rings is 1. The fraction of sp³-hybridized carbons (Fsp3) is 0.308. The molecule has 122 valence electrons. The summed E-state index contributed by atoms with van der Waals surface area (Å²) in [6.45, 7) is 1.72. The Kier molecular flexibility index (Phi) is 5.17. The normalized spacial score (nSPS) is 11.1. The van der Waals surface area contributed by atoms with Crippen molar-refractivity contribution in [2.24, 2.45) is 7.05 Å². The molecule has 1 heterocycles. The van der Waals surface area contributed by atoms with Crippen molar-refractivity contribution in [3.05, 3.63) is 46.4 Å². The van der Waals surface area contributed by atoms with Crippen LogP contribution in [0, 0.1) is 6.92 Å². The molecule has 0 aliphatic heterocycles. The summed E-state index contributed by atoms with van der Waals surface area (Å²) < 4.78 is 34.0. The van der Waals surface area contributed by atoms with Crippen LogP contribution >= 0.6 is 0 Å². The van der Waals surface area contributed by atoms with Gasteiger partial charge in [0.15, 0.2) is 0 Å². The first-order valence-electron chi connectivity index (χ1n) is 6.22. The Morgan fingerprint density at radius 1 is 1.23 bits per heavy atom. The van der Waals surface area contributed by atoms with Gasteiger partial charge in [0.1, 0.15) is 11.6 Å². The molecule has 3 N–H and O–H groups in total. The van der Waals surface area contributed by atoms with Crippen molar-refractivity contribution in [3.63, 3.8) is 0 Å². The summed E-state index contributed by atoms with van der Waals surface area (Å²) in [6.07, 6.45) is 0. The van der Waals surface area contributed by atoms with Crippen molar-refractivity contribution in [1.29, 1.82) is 0 Å². The Morgan fingerprint density at radius 3 is 2.27 bits per heavy atom. The smallest absolute Gasteiger partial charge is 0.295 e. The maximum atomic E-state index is 12.6. The SMILES string of the molecule is Cc1c(N(C)CS(=O)(=O)O)c(=O)n(-c2ccccc2)n1C.O. The minimum Gasteiger partial charge on any atom is -0.412 e. The Hall–Kier alpha value is -2.10. The van der Waals surface area contributed by atoms with Crippen LogP contribution in [0.25, 0.3) is 5.69 Å². The fourth-order valence-electron chi connectivity index (χ4n) is 2.30. The minimum absolute atomic E-state index is 0. The Bertz CT molecular complexity index is 808. The number of anilines is 1. The van der Waals surface area contributed by atoms with Crippen molar-refractivity contribution in [2.45, 2.75) is 6.92 Å². The van der Waals surface area contributed by atoms with Gasteiger partial charge >= 0.3 is 0 Å². The Balaban J connectivity index is 0.00000242. The number of rotatable bonds is 4. The minimum atomic E-state index is -4.20. The lowest BCUT2D eigenvalue weighted by Gasteiger charge is -2.15. The summed E-state index contributed by atoms with van der Waals surface area (Å²) in [4.78, 5) is 13.8. The zero-order valence-electron chi connectivity index (χ0n) is 12.5. The van der Waals surface area contributed by atoms with Crippen LogP contribution in [0.1, 0.15) is 5.69 Å². The number of aromatic nitrogens is 2. The zero-order valence-corrected chi connectivity index (χ0v) is 13.3. The molecule has 2 rings (SSSR count). The first-order chi connectivity index (χ1) is 9.72. The third-order valence-corrected chi connectivity index (χ3v) is 3.98. The van der Waals surface area contributed by atoms with Crippen LogP contribution in [0.4, 0.5) is 5.69 Å². The zero-order chi connectivity index (χ0) is 15.8. The Labute approximate surface area is 128 Å². The highest BCUT2D eigenvalue weighted by Crippen LogP contribution is 2.17. The maximum absolute atomic E-state index is 12.6. The predicted octanol–water partition coefficient (Wildman–Crippen LogP) is -0.0588. The molecule has 8 nitrogen and oxygen atoms in total. The standard InChI is InChI=1S/C13H17N3O4S.H2O/c1-10-12(14(2)9-21(18,19)20)13(17)16(15(10)3)11-7-5-4-6-8-11;/h4-8H,9H2,1-3H3,(H,18,19,20);1H2. The maximum Gasteiger partial charge on any atom is 0.295 e. The lowest BCUT2D eigenvalue weighted by Crippen LogP contribution is -2.30. The molecular formula is C13H19N3O5S. The molecule has 0 radical (unpaired) electrons. The van der Waals surface area contributed by atoms with Crippen LogP contribution in [0.5, 0.6) is 0 Å². The molecule has 0 saturated carbocycles.